The van der Waals surface area contributed by atoms with Crippen LogP contribution < -0.4 is 0 Å². The second-order valence-corrected chi connectivity index (χ2v) is 6.91. The van der Waals surface area contributed by atoms with Crippen LogP contribution in [0.4, 0.5) is 0 Å². The molecule has 1 aliphatic rings. The minimum Gasteiger partial charge on any atom is -0.0656 e. The molecule has 0 spiro atoms. The van der Waals surface area contributed by atoms with Crippen LogP contribution in [0.25, 0.3) is 54.6 Å². The van der Waals surface area contributed by atoms with Crippen molar-refractivity contribution in [3.05, 3.63) is 72.8 Å². The Bertz CT molecular complexity index is 1230. The molecule has 120 valence electrons. The van der Waals surface area contributed by atoms with Crippen molar-refractivity contribution in [2.45, 2.75) is 20.3 Å². The molecule has 0 nitrogen and oxygen atoms in total. The smallest absolute Gasteiger partial charge is 0.00137 e. The van der Waals surface area contributed by atoms with E-state index in [1.54, 1.807) is 0 Å². The maximum absolute atomic E-state index is 2.37. The highest BCUT2D eigenvalue weighted by molar-refractivity contribution is 6.31. The van der Waals surface area contributed by atoms with Gasteiger partial charge >= 0.3 is 0 Å². The fraction of sp³-hybridized carbons (Fsp3) is 0.120. The third-order valence-electron chi connectivity index (χ3n) is 5.14. The molecule has 0 bridgehead atoms. The molecule has 6 rings (SSSR count). The zero-order chi connectivity index (χ0) is 17.0. The van der Waals surface area contributed by atoms with Crippen molar-refractivity contribution < 1.29 is 0 Å². The maximum atomic E-state index is 2.37. The molecule has 0 fully saturated rings. The monoisotopic (exact) mass is 320 g/mol. The Morgan fingerprint density at radius 2 is 1.08 bits per heavy atom. The van der Waals surface area contributed by atoms with Crippen LogP contribution in [0.1, 0.15) is 20.3 Å². The van der Waals surface area contributed by atoms with Gasteiger partial charge in [0.1, 0.15) is 0 Å². The summed E-state index contributed by atoms with van der Waals surface area (Å²) in [5.74, 6) is 0. The first-order valence-electron chi connectivity index (χ1n) is 9.13. The van der Waals surface area contributed by atoms with Crippen LogP contribution in [-0.2, 0) is 0 Å². The molecule has 0 heteroatoms. The van der Waals surface area contributed by atoms with Crippen molar-refractivity contribution in [1.29, 1.82) is 0 Å². The van der Waals surface area contributed by atoms with Crippen molar-refractivity contribution in [2.24, 2.45) is 0 Å². The number of benzene rings is 5. The Labute approximate surface area is 148 Å². The molecular formula is C25H20. The fourth-order valence-corrected chi connectivity index (χ4v) is 4.24. The molecule has 0 aromatic heterocycles. The average molecular weight is 320 g/mol. The second-order valence-electron chi connectivity index (χ2n) is 6.91. The molecule has 0 unspecified atom stereocenters. The van der Waals surface area contributed by atoms with Gasteiger partial charge < -0.3 is 0 Å². The number of hydrogen-bond acceptors (Lipinski definition) is 0. The number of hydrogen-bond donors (Lipinski definition) is 0. The van der Waals surface area contributed by atoms with Crippen LogP contribution in [0, 0.1) is 0 Å². The number of fused-ring (bicyclic) bond motifs is 3. The van der Waals surface area contributed by atoms with Gasteiger partial charge in [-0.2, -0.15) is 0 Å². The fourth-order valence-electron chi connectivity index (χ4n) is 4.24. The summed E-state index contributed by atoms with van der Waals surface area (Å²) < 4.78 is 0. The van der Waals surface area contributed by atoms with Gasteiger partial charge in [0.25, 0.3) is 0 Å². The Balaban J connectivity index is 0.000000439. The molecule has 1 aliphatic carbocycles. The van der Waals surface area contributed by atoms with E-state index in [0.717, 1.165) is 0 Å². The van der Waals surface area contributed by atoms with Crippen LogP contribution in [0.5, 0.6) is 0 Å². The van der Waals surface area contributed by atoms with E-state index < -0.39 is 0 Å². The highest BCUT2D eigenvalue weighted by atomic mass is 14.3. The van der Waals surface area contributed by atoms with Crippen LogP contribution in [0.2, 0.25) is 0 Å². The third kappa shape index (κ3) is 1.88. The lowest BCUT2D eigenvalue weighted by molar-refractivity contribution is 1.09. The first kappa shape index (κ1) is 14.5. The predicted octanol–water partition coefficient (Wildman–Crippen LogP) is 7.65. The van der Waals surface area contributed by atoms with Gasteiger partial charge in [0.2, 0.25) is 0 Å². The third-order valence-corrected chi connectivity index (χ3v) is 5.14. The van der Waals surface area contributed by atoms with E-state index in [1.165, 1.54) is 61.0 Å². The summed E-state index contributed by atoms with van der Waals surface area (Å²) in [7, 11) is 0. The van der Waals surface area contributed by atoms with Crippen LogP contribution in [0.15, 0.2) is 72.8 Å². The van der Waals surface area contributed by atoms with E-state index in [1.807, 2.05) is 0 Å². The van der Waals surface area contributed by atoms with Crippen molar-refractivity contribution in [1.82, 2.24) is 0 Å². The van der Waals surface area contributed by atoms with Crippen molar-refractivity contribution in [3.8, 4) is 22.3 Å². The summed E-state index contributed by atoms with van der Waals surface area (Å²) in [6, 6.07) is 26.8. The molecule has 25 heavy (non-hydrogen) atoms. The lowest BCUT2D eigenvalue weighted by atomic mass is 9.91. The zero-order valence-corrected chi connectivity index (χ0v) is 14.6. The van der Waals surface area contributed by atoms with Crippen molar-refractivity contribution in [2.75, 3.05) is 0 Å². The van der Waals surface area contributed by atoms with E-state index in [9.17, 15) is 0 Å². The molecule has 0 amide bonds. The second kappa shape index (κ2) is 5.32. The minimum absolute atomic E-state index is 1.25. The van der Waals surface area contributed by atoms with Crippen molar-refractivity contribution in [3.63, 3.8) is 0 Å². The Morgan fingerprint density at radius 3 is 1.84 bits per heavy atom. The van der Waals surface area contributed by atoms with Gasteiger partial charge in [-0.1, -0.05) is 87.0 Å². The Morgan fingerprint density at radius 1 is 0.480 bits per heavy atom. The normalized spacial score (nSPS) is 11.8. The van der Waals surface area contributed by atoms with E-state index in [2.05, 4.69) is 86.6 Å². The molecule has 0 saturated carbocycles. The first-order valence-corrected chi connectivity index (χ1v) is 9.13. The van der Waals surface area contributed by atoms with E-state index in [-0.39, 0.29) is 0 Å². The molecular weight excluding hydrogens is 300 g/mol. The first-order chi connectivity index (χ1) is 12.3. The maximum Gasteiger partial charge on any atom is -0.00137 e. The minimum atomic E-state index is 1.25. The van der Waals surface area contributed by atoms with Crippen molar-refractivity contribution >= 4 is 32.3 Å². The van der Waals surface area contributed by atoms with Crippen LogP contribution >= 0.6 is 0 Å². The summed E-state index contributed by atoms with van der Waals surface area (Å²) in [4.78, 5) is 0. The molecule has 0 N–H and O–H groups in total. The predicted molar refractivity (Wildman–Crippen MR) is 111 cm³/mol. The van der Waals surface area contributed by atoms with Gasteiger partial charge in [0, 0.05) is 0 Å². The zero-order valence-electron chi connectivity index (χ0n) is 14.6. The molecule has 5 aromatic rings. The topological polar surface area (TPSA) is 0 Å². The van der Waals surface area contributed by atoms with Crippen LogP contribution in [0.3, 0.4) is 0 Å². The Hall–Kier alpha value is -2.86. The lowest BCUT2D eigenvalue weighted by Crippen LogP contribution is -1.85. The average Bonchev–Trinajstić information content (AvgIpc) is 2.98. The quantitative estimate of drug-likeness (QED) is 0.252. The molecule has 0 atom stereocenters. The van der Waals surface area contributed by atoms with Gasteiger partial charge in [-0.3, -0.25) is 0 Å². The van der Waals surface area contributed by atoms with E-state index in [4.69, 9.17) is 0 Å². The molecule has 0 heterocycles. The summed E-state index contributed by atoms with van der Waals surface area (Å²) in [5.41, 5.74) is 5.52. The van der Waals surface area contributed by atoms with E-state index >= 15 is 0 Å². The summed E-state index contributed by atoms with van der Waals surface area (Å²) in [5, 5.41) is 8.30. The van der Waals surface area contributed by atoms with Gasteiger partial charge in [0.15, 0.2) is 0 Å². The lowest BCUT2D eigenvalue weighted by Gasteiger charge is -2.12. The SMILES string of the molecule is CCC.c1ccc2c(c1)-c1ccc3ccc4cccc5cc-2c1c3c45. The summed E-state index contributed by atoms with van der Waals surface area (Å²) >= 11 is 0. The Kier molecular flexibility index (Phi) is 3.08. The summed E-state index contributed by atoms with van der Waals surface area (Å²) in [6.07, 6.45) is 1.25. The molecule has 0 aliphatic heterocycles. The molecule has 0 saturated heterocycles. The number of rotatable bonds is 0. The van der Waals surface area contributed by atoms with Crippen LogP contribution in [-0.4, -0.2) is 0 Å². The van der Waals surface area contributed by atoms with Gasteiger partial charge in [-0.25, -0.2) is 0 Å². The van der Waals surface area contributed by atoms with Gasteiger partial charge in [-0.05, 0) is 60.6 Å². The summed E-state index contributed by atoms with van der Waals surface area (Å²) in [6.45, 7) is 4.25. The highest BCUT2D eigenvalue weighted by Crippen LogP contribution is 2.51. The standard InChI is InChI=1S/C22H12.C3H8/c1-2-7-17-16(6-1)18-11-10-14-9-8-13-4-3-5-15-12-19(17)22(18)21(14)20(13)15;1-3-2/h1-12H;3H2,1-2H3. The molecule has 0 radical (unpaired) electrons. The molecule has 5 aromatic carbocycles. The van der Waals surface area contributed by atoms with Gasteiger partial charge in [-0.15, -0.1) is 0 Å². The van der Waals surface area contributed by atoms with E-state index in [0.29, 0.717) is 0 Å². The highest BCUT2D eigenvalue weighted by Gasteiger charge is 2.23. The largest absolute Gasteiger partial charge is 0.0656 e. The van der Waals surface area contributed by atoms with Gasteiger partial charge in [0.05, 0.1) is 0 Å².